The molecule has 0 amide bonds. The van der Waals surface area contributed by atoms with Gasteiger partial charge in [-0.05, 0) is 17.8 Å². The highest BCUT2D eigenvalue weighted by Gasteiger charge is 2.28. The number of rotatable bonds is 5. The molecule has 1 N–H and O–H groups in total. The third kappa shape index (κ3) is 7.62. The van der Waals surface area contributed by atoms with Crippen molar-refractivity contribution in [3.8, 4) is 0 Å². The largest absolute Gasteiger partial charge is 0.411 e. The first-order chi connectivity index (χ1) is 6.67. The summed E-state index contributed by atoms with van der Waals surface area (Å²) in [7, 11) is 0. The zero-order chi connectivity index (χ0) is 12.1. The molecular formula is C10H19F3O2. The predicted molar refractivity (Wildman–Crippen MR) is 51.5 cm³/mol. The van der Waals surface area contributed by atoms with Gasteiger partial charge in [-0.15, -0.1) is 0 Å². The SMILES string of the molecule is CC(C)(C)C(CO)CCOCC(F)(F)F. The number of aliphatic hydroxyl groups is 1. The Morgan fingerprint density at radius 2 is 1.73 bits per heavy atom. The van der Waals surface area contributed by atoms with Crippen LogP contribution in [0.4, 0.5) is 13.2 Å². The fraction of sp³-hybridized carbons (Fsp3) is 1.00. The highest BCUT2D eigenvalue weighted by molar-refractivity contribution is 4.72. The Labute approximate surface area is 88.4 Å². The van der Waals surface area contributed by atoms with E-state index in [1.54, 1.807) is 0 Å². The van der Waals surface area contributed by atoms with Crippen molar-refractivity contribution in [2.45, 2.75) is 33.4 Å². The van der Waals surface area contributed by atoms with Crippen LogP contribution in [0.15, 0.2) is 0 Å². The minimum Gasteiger partial charge on any atom is -0.396 e. The van der Waals surface area contributed by atoms with E-state index in [4.69, 9.17) is 5.11 Å². The first kappa shape index (κ1) is 14.7. The van der Waals surface area contributed by atoms with Gasteiger partial charge in [0.1, 0.15) is 6.61 Å². The molecule has 0 saturated heterocycles. The van der Waals surface area contributed by atoms with Gasteiger partial charge in [-0.3, -0.25) is 0 Å². The molecule has 0 aliphatic carbocycles. The molecule has 0 aromatic carbocycles. The van der Waals surface area contributed by atoms with Gasteiger partial charge in [0.25, 0.3) is 0 Å². The minimum absolute atomic E-state index is 0.0289. The van der Waals surface area contributed by atoms with Crippen molar-refractivity contribution in [3.05, 3.63) is 0 Å². The second-order valence-corrected chi connectivity index (χ2v) is 4.70. The van der Waals surface area contributed by atoms with Crippen LogP contribution in [-0.2, 0) is 4.74 Å². The van der Waals surface area contributed by atoms with Crippen LogP contribution < -0.4 is 0 Å². The molecule has 1 unspecified atom stereocenters. The van der Waals surface area contributed by atoms with Crippen LogP contribution in [0.1, 0.15) is 27.2 Å². The normalized spacial score (nSPS) is 15.4. The Morgan fingerprint density at radius 3 is 2.07 bits per heavy atom. The smallest absolute Gasteiger partial charge is 0.396 e. The zero-order valence-corrected chi connectivity index (χ0v) is 9.40. The van der Waals surface area contributed by atoms with Crippen molar-refractivity contribution in [2.75, 3.05) is 19.8 Å². The summed E-state index contributed by atoms with van der Waals surface area (Å²) in [6, 6.07) is 0. The van der Waals surface area contributed by atoms with Crippen LogP contribution >= 0.6 is 0 Å². The van der Waals surface area contributed by atoms with E-state index < -0.39 is 12.8 Å². The predicted octanol–water partition coefficient (Wildman–Crippen LogP) is 2.61. The van der Waals surface area contributed by atoms with E-state index in [0.29, 0.717) is 6.42 Å². The van der Waals surface area contributed by atoms with Crippen molar-refractivity contribution >= 4 is 0 Å². The molecule has 92 valence electrons. The van der Waals surface area contributed by atoms with E-state index in [1.165, 1.54) is 0 Å². The third-order valence-corrected chi connectivity index (χ3v) is 2.32. The van der Waals surface area contributed by atoms with Crippen molar-refractivity contribution in [1.82, 2.24) is 0 Å². The van der Waals surface area contributed by atoms with E-state index in [2.05, 4.69) is 4.74 Å². The molecular weight excluding hydrogens is 209 g/mol. The van der Waals surface area contributed by atoms with Crippen molar-refractivity contribution in [2.24, 2.45) is 11.3 Å². The van der Waals surface area contributed by atoms with Gasteiger partial charge in [0.15, 0.2) is 0 Å². The third-order valence-electron chi connectivity index (χ3n) is 2.32. The van der Waals surface area contributed by atoms with E-state index in [9.17, 15) is 13.2 Å². The molecule has 0 aliphatic rings. The zero-order valence-electron chi connectivity index (χ0n) is 9.40. The summed E-state index contributed by atoms with van der Waals surface area (Å²) in [4.78, 5) is 0. The Hall–Kier alpha value is -0.290. The van der Waals surface area contributed by atoms with Gasteiger partial charge >= 0.3 is 6.18 Å². The van der Waals surface area contributed by atoms with Crippen molar-refractivity contribution in [1.29, 1.82) is 0 Å². The van der Waals surface area contributed by atoms with Gasteiger partial charge in [0.2, 0.25) is 0 Å². The van der Waals surface area contributed by atoms with Crippen LogP contribution in [0.5, 0.6) is 0 Å². The van der Waals surface area contributed by atoms with Crippen LogP contribution in [0.2, 0.25) is 0 Å². The highest BCUT2D eigenvalue weighted by atomic mass is 19.4. The number of aliphatic hydroxyl groups excluding tert-OH is 1. The lowest BCUT2D eigenvalue weighted by atomic mass is 9.79. The lowest BCUT2D eigenvalue weighted by molar-refractivity contribution is -0.175. The van der Waals surface area contributed by atoms with E-state index in [-0.39, 0.29) is 24.5 Å². The molecule has 0 bridgehead atoms. The standard InChI is InChI=1S/C10H19F3O2/c1-9(2,3)8(6-14)4-5-15-7-10(11,12)13/h8,14H,4-7H2,1-3H3. The fourth-order valence-electron chi connectivity index (χ4n) is 1.21. The van der Waals surface area contributed by atoms with Gasteiger partial charge in [0, 0.05) is 13.2 Å². The quantitative estimate of drug-likeness (QED) is 0.733. The van der Waals surface area contributed by atoms with Crippen LogP contribution in [0.25, 0.3) is 0 Å². The molecule has 0 fully saturated rings. The molecule has 0 heterocycles. The topological polar surface area (TPSA) is 29.5 Å². The maximum atomic E-state index is 11.7. The average molecular weight is 228 g/mol. The molecule has 0 spiro atoms. The second kappa shape index (κ2) is 5.70. The molecule has 0 rings (SSSR count). The van der Waals surface area contributed by atoms with E-state index in [0.717, 1.165) is 0 Å². The maximum absolute atomic E-state index is 11.7. The van der Waals surface area contributed by atoms with Gasteiger partial charge in [-0.2, -0.15) is 13.2 Å². The monoisotopic (exact) mass is 228 g/mol. The van der Waals surface area contributed by atoms with Crippen molar-refractivity contribution < 1.29 is 23.0 Å². The molecule has 5 heteroatoms. The van der Waals surface area contributed by atoms with Crippen LogP contribution in [-0.4, -0.2) is 31.1 Å². The number of hydrogen-bond donors (Lipinski definition) is 1. The number of hydrogen-bond acceptors (Lipinski definition) is 2. The minimum atomic E-state index is -4.27. The molecule has 1 atom stereocenters. The lowest BCUT2D eigenvalue weighted by Crippen LogP contribution is -2.26. The lowest BCUT2D eigenvalue weighted by Gasteiger charge is -2.28. The van der Waals surface area contributed by atoms with Gasteiger partial charge in [0.05, 0.1) is 0 Å². The van der Waals surface area contributed by atoms with Crippen molar-refractivity contribution in [3.63, 3.8) is 0 Å². The van der Waals surface area contributed by atoms with E-state index in [1.807, 2.05) is 20.8 Å². The first-order valence-corrected chi connectivity index (χ1v) is 4.92. The Bertz CT molecular complexity index is 172. The molecule has 2 nitrogen and oxygen atoms in total. The summed E-state index contributed by atoms with van der Waals surface area (Å²) < 4.78 is 39.7. The average Bonchev–Trinajstić information content (AvgIpc) is 1.99. The van der Waals surface area contributed by atoms with Crippen LogP contribution in [0, 0.1) is 11.3 Å². The Morgan fingerprint density at radius 1 is 1.20 bits per heavy atom. The Balaban J connectivity index is 3.75. The number of ether oxygens (including phenoxy) is 1. The summed E-state index contributed by atoms with van der Waals surface area (Å²) in [5, 5.41) is 9.04. The number of alkyl halides is 3. The summed E-state index contributed by atoms with van der Waals surface area (Å²) in [5.41, 5.74) is -0.115. The fourth-order valence-corrected chi connectivity index (χ4v) is 1.21. The molecule has 0 saturated carbocycles. The summed E-state index contributed by atoms with van der Waals surface area (Å²) in [5.74, 6) is -0.0364. The molecule has 0 aliphatic heterocycles. The Kier molecular flexibility index (Phi) is 5.59. The summed E-state index contributed by atoms with van der Waals surface area (Å²) >= 11 is 0. The summed E-state index contributed by atoms with van der Waals surface area (Å²) in [6.45, 7) is 4.61. The van der Waals surface area contributed by atoms with Crippen LogP contribution in [0.3, 0.4) is 0 Å². The van der Waals surface area contributed by atoms with Gasteiger partial charge < -0.3 is 9.84 Å². The van der Waals surface area contributed by atoms with E-state index >= 15 is 0 Å². The number of halogens is 3. The highest BCUT2D eigenvalue weighted by Crippen LogP contribution is 2.28. The van der Waals surface area contributed by atoms with Gasteiger partial charge in [-0.25, -0.2) is 0 Å². The molecule has 0 aromatic rings. The summed E-state index contributed by atoms with van der Waals surface area (Å²) in [6.07, 6.45) is -3.83. The maximum Gasteiger partial charge on any atom is 0.411 e. The first-order valence-electron chi connectivity index (χ1n) is 4.92. The second-order valence-electron chi connectivity index (χ2n) is 4.70. The molecule has 0 aromatic heterocycles. The molecule has 0 radical (unpaired) electrons. The van der Waals surface area contributed by atoms with Gasteiger partial charge in [-0.1, -0.05) is 20.8 Å². The molecule has 15 heavy (non-hydrogen) atoms.